The zero-order valence-electron chi connectivity index (χ0n) is 15.6. The predicted octanol–water partition coefficient (Wildman–Crippen LogP) is 4.37. The van der Waals surface area contributed by atoms with E-state index in [1.54, 1.807) is 29.7 Å². The smallest absolute Gasteiger partial charge is 0.223 e. The van der Waals surface area contributed by atoms with Crippen LogP contribution in [0.5, 0.6) is 0 Å². The van der Waals surface area contributed by atoms with E-state index in [1.165, 1.54) is 12.1 Å². The first-order valence-corrected chi connectivity index (χ1v) is 10.5. The number of aromatic nitrogens is 4. The molecule has 3 aromatic heterocycles. The van der Waals surface area contributed by atoms with E-state index in [0.29, 0.717) is 5.95 Å². The zero-order chi connectivity index (χ0) is 19.8. The molecule has 6 nitrogen and oxygen atoms in total. The average molecular weight is 409 g/mol. The highest BCUT2D eigenvalue weighted by Crippen LogP contribution is 2.34. The summed E-state index contributed by atoms with van der Waals surface area (Å²) in [6, 6.07) is 8.48. The zero-order valence-corrected chi connectivity index (χ0v) is 16.4. The van der Waals surface area contributed by atoms with Crippen molar-refractivity contribution in [3.05, 3.63) is 53.9 Å². The van der Waals surface area contributed by atoms with Crippen LogP contribution < -0.4 is 5.32 Å². The predicted molar refractivity (Wildman–Crippen MR) is 111 cm³/mol. The normalized spacial score (nSPS) is 19.5. The Morgan fingerprint density at radius 1 is 1.07 bits per heavy atom. The highest BCUT2D eigenvalue weighted by Gasteiger charge is 2.21. The van der Waals surface area contributed by atoms with Crippen molar-refractivity contribution in [2.75, 3.05) is 5.32 Å². The first kappa shape index (κ1) is 18.2. The standard InChI is InChI=1S/C21H20FN5OS/c22-14-3-1-13(2-4-14)18-19(27-11-12-29-21(27)26-18)17-9-10-23-20(25-17)24-15-5-7-16(28)8-6-15/h1-4,9-12,15-16,28H,5-8H2,(H,23,24,25). The number of hydrogen-bond donors (Lipinski definition) is 2. The second kappa shape index (κ2) is 7.53. The lowest BCUT2D eigenvalue weighted by molar-refractivity contribution is 0.126. The summed E-state index contributed by atoms with van der Waals surface area (Å²) < 4.78 is 15.4. The molecule has 1 aliphatic carbocycles. The molecule has 0 spiro atoms. The van der Waals surface area contributed by atoms with Crippen LogP contribution in [0.2, 0.25) is 0 Å². The number of imidazole rings is 1. The Kier molecular flexibility index (Phi) is 4.73. The highest BCUT2D eigenvalue weighted by atomic mass is 32.1. The van der Waals surface area contributed by atoms with Gasteiger partial charge in [-0.05, 0) is 56.0 Å². The van der Waals surface area contributed by atoms with Gasteiger partial charge >= 0.3 is 0 Å². The van der Waals surface area contributed by atoms with Crippen molar-refractivity contribution in [3.8, 4) is 22.6 Å². The minimum absolute atomic E-state index is 0.197. The first-order chi connectivity index (χ1) is 14.2. The third-order valence-electron chi connectivity index (χ3n) is 5.31. The molecule has 3 heterocycles. The van der Waals surface area contributed by atoms with E-state index in [4.69, 9.17) is 9.97 Å². The van der Waals surface area contributed by atoms with Gasteiger partial charge in [-0.1, -0.05) is 0 Å². The molecule has 2 N–H and O–H groups in total. The maximum Gasteiger partial charge on any atom is 0.223 e. The molecule has 0 bridgehead atoms. The van der Waals surface area contributed by atoms with E-state index >= 15 is 0 Å². The van der Waals surface area contributed by atoms with E-state index < -0.39 is 0 Å². The number of aliphatic hydroxyl groups is 1. The van der Waals surface area contributed by atoms with Gasteiger partial charge in [0.2, 0.25) is 5.95 Å². The van der Waals surface area contributed by atoms with Crippen LogP contribution in [0, 0.1) is 5.82 Å². The number of nitrogens with one attached hydrogen (secondary N) is 1. The summed E-state index contributed by atoms with van der Waals surface area (Å²) in [5.74, 6) is 0.293. The van der Waals surface area contributed by atoms with Crippen molar-refractivity contribution in [2.24, 2.45) is 0 Å². The molecule has 0 unspecified atom stereocenters. The highest BCUT2D eigenvalue weighted by molar-refractivity contribution is 7.15. The lowest BCUT2D eigenvalue weighted by atomic mass is 9.93. The number of benzene rings is 1. The molecule has 29 heavy (non-hydrogen) atoms. The van der Waals surface area contributed by atoms with E-state index in [1.807, 2.05) is 22.0 Å². The Labute approximate surface area is 171 Å². The molecule has 4 aromatic rings. The van der Waals surface area contributed by atoms with Crippen LogP contribution in [-0.4, -0.2) is 36.6 Å². The Hall–Kier alpha value is -2.84. The number of aliphatic hydroxyl groups excluding tert-OH is 1. The summed E-state index contributed by atoms with van der Waals surface area (Å²) in [6.45, 7) is 0. The minimum Gasteiger partial charge on any atom is -0.393 e. The van der Waals surface area contributed by atoms with Gasteiger partial charge in [0.05, 0.1) is 17.5 Å². The lowest BCUT2D eigenvalue weighted by Gasteiger charge is -2.26. The second-order valence-corrected chi connectivity index (χ2v) is 8.16. The van der Waals surface area contributed by atoms with E-state index in [9.17, 15) is 9.50 Å². The second-order valence-electron chi connectivity index (χ2n) is 7.29. The molecule has 1 aliphatic rings. The Morgan fingerprint density at radius 2 is 1.86 bits per heavy atom. The van der Waals surface area contributed by atoms with Crippen LogP contribution >= 0.6 is 11.3 Å². The van der Waals surface area contributed by atoms with Crippen LogP contribution in [0.4, 0.5) is 10.3 Å². The summed E-state index contributed by atoms with van der Waals surface area (Å²) in [6.07, 6.45) is 6.90. The molecule has 148 valence electrons. The molecule has 0 atom stereocenters. The molecule has 0 saturated heterocycles. The first-order valence-electron chi connectivity index (χ1n) is 9.67. The molecule has 0 aliphatic heterocycles. The van der Waals surface area contributed by atoms with Gasteiger partial charge in [-0.2, -0.15) is 0 Å². The maximum absolute atomic E-state index is 13.4. The molecule has 1 saturated carbocycles. The van der Waals surface area contributed by atoms with Crippen molar-refractivity contribution in [1.29, 1.82) is 0 Å². The quantitative estimate of drug-likeness (QED) is 0.523. The fraction of sp³-hybridized carbons (Fsp3) is 0.286. The van der Waals surface area contributed by atoms with Gasteiger partial charge in [-0.3, -0.25) is 4.40 Å². The largest absolute Gasteiger partial charge is 0.393 e. The number of hydrogen-bond acceptors (Lipinski definition) is 6. The van der Waals surface area contributed by atoms with Gasteiger partial charge in [-0.25, -0.2) is 19.3 Å². The topological polar surface area (TPSA) is 75.3 Å². The molecule has 1 aromatic carbocycles. The fourth-order valence-electron chi connectivity index (χ4n) is 3.80. The molecular formula is C21H20FN5OS. The summed E-state index contributed by atoms with van der Waals surface area (Å²) in [5.41, 5.74) is 3.22. The Balaban J connectivity index is 1.53. The van der Waals surface area contributed by atoms with Crippen LogP contribution in [0.25, 0.3) is 27.6 Å². The summed E-state index contributed by atoms with van der Waals surface area (Å²) in [7, 11) is 0. The molecule has 5 rings (SSSR count). The number of rotatable bonds is 4. The summed E-state index contributed by atoms with van der Waals surface area (Å²) >= 11 is 1.54. The maximum atomic E-state index is 13.4. The third kappa shape index (κ3) is 3.61. The number of anilines is 1. The van der Waals surface area contributed by atoms with Crippen LogP contribution in [0.15, 0.2) is 48.1 Å². The number of fused-ring (bicyclic) bond motifs is 1. The molecule has 0 radical (unpaired) electrons. The lowest BCUT2D eigenvalue weighted by Crippen LogP contribution is -2.28. The third-order valence-corrected chi connectivity index (χ3v) is 6.06. The molecule has 8 heteroatoms. The monoisotopic (exact) mass is 409 g/mol. The minimum atomic E-state index is -0.276. The summed E-state index contributed by atoms with van der Waals surface area (Å²) in [4.78, 5) is 14.7. The van der Waals surface area contributed by atoms with Gasteiger partial charge in [0.15, 0.2) is 4.96 Å². The van der Waals surface area contributed by atoms with Gasteiger partial charge in [0, 0.05) is 29.4 Å². The van der Waals surface area contributed by atoms with E-state index in [0.717, 1.165) is 53.3 Å². The molecule has 1 fully saturated rings. The molecular weight excluding hydrogens is 389 g/mol. The summed E-state index contributed by atoms with van der Waals surface area (Å²) in [5, 5.41) is 15.1. The number of nitrogens with zero attached hydrogens (tertiary/aromatic N) is 4. The van der Waals surface area contributed by atoms with Gasteiger partial charge in [-0.15, -0.1) is 11.3 Å². The van der Waals surface area contributed by atoms with Gasteiger partial charge in [0.25, 0.3) is 0 Å². The van der Waals surface area contributed by atoms with Crippen molar-refractivity contribution in [3.63, 3.8) is 0 Å². The van der Waals surface area contributed by atoms with Gasteiger partial charge in [0.1, 0.15) is 11.5 Å². The van der Waals surface area contributed by atoms with E-state index in [-0.39, 0.29) is 18.0 Å². The fourth-order valence-corrected chi connectivity index (χ4v) is 4.52. The average Bonchev–Trinajstić information content (AvgIpc) is 3.32. The Morgan fingerprint density at radius 3 is 2.66 bits per heavy atom. The molecule has 0 amide bonds. The van der Waals surface area contributed by atoms with Crippen LogP contribution in [-0.2, 0) is 0 Å². The van der Waals surface area contributed by atoms with Crippen molar-refractivity contribution in [1.82, 2.24) is 19.4 Å². The number of thiazole rings is 1. The number of halogens is 1. The van der Waals surface area contributed by atoms with Crippen molar-refractivity contribution < 1.29 is 9.50 Å². The van der Waals surface area contributed by atoms with E-state index in [2.05, 4.69) is 10.3 Å². The van der Waals surface area contributed by atoms with Crippen LogP contribution in [0.1, 0.15) is 25.7 Å². The van der Waals surface area contributed by atoms with Crippen LogP contribution in [0.3, 0.4) is 0 Å². The SMILES string of the molecule is OC1CCC(Nc2nccc(-c3c(-c4ccc(F)cc4)nc4sccn34)n2)CC1. The van der Waals surface area contributed by atoms with Crippen molar-refractivity contribution >= 4 is 22.2 Å². The Bertz CT molecular complexity index is 1130. The van der Waals surface area contributed by atoms with Crippen molar-refractivity contribution in [2.45, 2.75) is 37.8 Å². The van der Waals surface area contributed by atoms with Gasteiger partial charge < -0.3 is 10.4 Å².